The lowest BCUT2D eigenvalue weighted by Crippen LogP contribution is -2.18. The van der Waals surface area contributed by atoms with E-state index in [4.69, 9.17) is 11.6 Å². The molecule has 2 aliphatic rings. The van der Waals surface area contributed by atoms with Crippen LogP contribution < -0.4 is 5.32 Å². The molecule has 1 fully saturated rings. The van der Waals surface area contributed by atoms with Crippen molar-refractivity contribution in [2.24, 2.45) is 0 Å². The van der Waals surface area contributed by atoms with Crippen LogP contribution in [-0.2, 0) is 0 Å². The van der Waals surface area contributed by atoms with Crippen molar-refractivity contribution in [1.29, 1.82) is 0 Å². The Labute approximate surface area is 106 Å². The van der Waals surface area contributed by atoms with Gasteiger partial charge >= 0.3 is 0 Å². The highest BCUT2D eigenvalue weighted by atomic mass is 35.5. The molecular weight excluding hydrogens is 234 g/mol. The Morgan fingerprint density at radius 2 is 1.94 bits per heavy atom. The maximum absolute atomic E-state index is 6.17. The van der Waals surface area contributed by atoms with E-state index in [1.54, 1.807) is 0 Å². The molecule has 0 atom stereocenters. The van der Waals surface area contributed by atoms with E-state index in [1.165, 1.54) is 12.8 Å². The smallest absolute Gasteiger partial charge is 0.137 e. The van der Waals surface area contributed by atoms with E-state index in [0.717, 1.165) is 30.0 Å². The molecule has 0 radical (unpaired) electrons. The summed E-state index contributed by atoms with van der Waals surface area (Å²) in [6, 6.07) is 0.465. The van der Waals surface area contributed by atoms with Gasteiger partial charge in [0.05, 0.1) is 0 Å². The van der Waals surface area contributed by atoms with Crippen LogP contribution in [0.25, 0.3) is 0 Å². The van der Waals surface area contributed by atoms with Crippen molar-refractivity contribution < 1.29 is 0 Å². The van der Waals surface area contributed by atoms with Gasteiger partial charge in [0.15, 0.2) is 0 Å². The Balaban J connectivity index is 1.85. The lowest BCUT2D eigenvalue weighted by molar-refractivity contribution is 0.772. The predicted octanol–water partition coefficient (Wildman–Crippen LogP) is 3.45. The monoisotopic (exact) mass is 249 g/mol. The molecule has 2 aliphatic carbocycles. The van der Waals surface area contributed by atoms with E-state index in [-0.39, 0.29) is 0 Å². The summed E-state index contributed by atoms with van der Waals surface area (Å²) in [5.74, 6) is 2.37. The van der Waals surface area contributed by atoms with Gasteiger partial charge in [-0.3, -0.25) is 0 Å². The van der Waals surface area contributed by atoms with Gasteiger partial charge in [-0.15, -0.1) is 0 Å². The van der Waals surface area contributed by atoms with E-state index in [1.807, 2.05) is 6.92 Å². The van der Waals surface area contributed by atoms with E-state index >= 15 is 0 Å². The molecule has 1 aromatic heterocycles. The fourth-order valence-corrected chi connectivity index (χ4v) is 2.27. The summed E-state index contributed by atoms with van der Waals surface area (Å²) >= 11 is 6.17. The third-order valence-corrected chi connectivity index (χ3v) is 3.76. The second-order valence-corrected chi connectivity index (χ2v) is 5.26. The van der Waals surface area contributed by atoms with Crippen LogP contribution in [0.1, 0.15) is 43.0 Å². The molecule has 3 rings (SSSR count). The van der Waals surface area contributed by atoms with Crippen molar-refractivity contribution >= 4 is 17.4 Å². The van der Waals surface area contributed by atoms with Crippen molar-refractivity contribution in [2.45, 2.75) is 44.6 Å². The number of nitrogens with zero attached hydrogens (tertiary/aromatic N) is 2. The Bertz CT molecular complexity index is 458. The molecule has 1 N–H and O–H groups in total. The average molecular weight is 250 g/mol. The largest absolute Gasteiger partial charge is 0.366 e. The number of anilines is 1. The molecule has 0 aliphatic heterocycles. The summed E-state index contributed by atoms with van der Waals surface area (Å²) in [4.78, 5) is 8.99. The number of nitrogens with one attached hydrogen (secondary N) is 1. The minimum absolute atomic E-state index is 0.465. The van der Waals surface area contributed by atoms with Gasteiger partial charge in [0, 0.05) is 17.5 Å². The highest BCUT2D eigenvalue weighted by Crippen LogP contribution is 2.39. The highest BCUT2D eigenvalue weighted by Gasteiger charge is 2.28. The summed E-state index contributed by atoms with van der Waals surface area (Å²) in [5, 5.41) is 4.07. The fourth-order valence-electron chi connectivity index (χ4n) is 2.10. The zero-order chi connectivity index (χ0) is 11.8. The summed E-state index contributed by atoms with van der Waals surface area (Å²) in [5.41, 5.74) is 0.961. The van der Waals surface area contributed by atoms with Crippen LogP contribution in [0, 0.1) is 6.92 Å². The van der Waals surface area contributed by atoms with Crippen LogP contribution in [0.3, 0.4) is 0 Å². The lowest BCUT2D eigenvalue weighted by atomic mass is 10.2. The van der Waals surface area contributed by atoms with Gasteiger partial charge < -0.3 is 5.32 Å². The molecule has 1 heterocycles. The van der Waals surface area contributed by atoms with E-state index in [2.05, 4.69) is 27.4 Å². The third kappa shape index (κ3) is 2.29. The Hall–Kier alpha value is -1.09. The molecule has 0 spiro atoms. The van der Waals surface area contributed by atoms with Crippen LogP contribution in [0.15, 0.2) is 12.2 Å². The van der Waals surface area contributed by atoms with Gasteiger partial charge in [-0.05, 0) is 32.6 Å². The molecule has 0 saturated heterocycles. The fraction of sp³-hybridized carbons (Fsp3) is 0.538. The predicted molar refractivity (Wildman–Crippen MR) is 69.5 cm³/mol. The van der Waals surface area contributed by atoms with E-state index in [9.17, 15) is 0 Å². The summed E-state index contributed by atoms with van der Waals surface area (Å²) in [6.45, 7) is 1.98. The third-order valence-electron chi connectivity index (χ3n) is 3.39. The van der Waals surface area contributed by atoms with Crippen LogP contribution in [0.2, 0.25) is 5.15 Å². The Morgan fingerprint density at radius 3 is 2.59 bits per heavy atom. The van der Waals surface area contributed by atoms with E-state index < -0.39 is 0 Å². The maximum Gasteiger partial charge on any atom is 0.137 e. The number of halogens is 1. The molecule has 1 saturated carbocycles. The minimum Gasteiger partial charge on any atom is -0.366 e. The second-order valence-electron chi connectivity index (χ2n) is 4.90. The first-order valence-electron chi connectivity index (χ1n) is 6.19. The van der Waals surface area contributed by atoms with Crippen molar-refractivity contribution in [1.82, 2.24) is 9.97 Å². The molecular formula is C13H16ClN3. The van der Waals surface area contributed by atoms with Crippen molar-refractivity contribution in [3.05, 3.63) is 28.7 Å². The molecule has 1 aromatic rings. The first-order valence-corrected chi connectivity index (χ1v) is 6.57. The lowest BCUT2D eigenvalue weighted by Gasteiger charge is -2.16. The molecule has 0 amide bonds. The summed E-state index contributed by atoms with van der Waals surface area (Å²) < 4.78 is 0. The van der Waals surface area contributed by atoms with Gasteiger partial charge in [0.1, 0.15) is 16.8 Å². The van der Waals surface area contributed by atoms with Gasteiger partial charge in [0.2, 0.25) is 0 Å². The van der Waals surface area contributed by atoms with Crippen molar-refractivity contribution in [3.8, 4) is 0 Å². The molecule has 4 heteroatoms. The second kappa shape index (κ2) is 4.30. The average Bonchev–Trinajstić information content (AvgIpc) is 3.04. The van der Waals surface area contributed by atoms with Crippen LogP contribution in [0.4, 0.5) is 5.82 Å². The van der Waals surface area contributed by atoms with Crippen molar-refractivity contribution in [2.75, 3.05) is 5.32 Å². The number of aromatic nitrogens is 2. The highest BCUT2D eigenvalue weighted by molar-refractivity contribution is 6.30. The molecule has 90 valence electrons. The number of hydrogen-bond donors (Lipinski definition) is 1. The first-order chi connectivity index (χ1) is 8.24. The summed E-state index contributed by atoms with van der Waals surface area (Å²) in [6.07, 6.45) is 8.95. The van der Waals surface area contributed by atoms with Gasteiger partial charge in [-0.1, -0.05) is 23.8 Å². The van der Waals surface area contributed by atoms with Crippen LogP contribution >= 0.6 is 11.6 Å². The number of rotatable bonds is 3. The topological polar surface area (TPSA) is 37.8 Å². The van der Waals surface area contributed by atoms with Gasteiger partial charge in [0.25, 0.3) is 0 Å². The SMILES string of the molecule is Cc1c(Cl)nc(C2CC2)nc1NC1CC=CC1. The normalized spacial score (nSPS) is 19.9. The van der Waals surface area contributed by atoms with Gasteiger partial charge in [-0.2, -0.15) is 0 Å². The minimum atomic E-state index is 0.465. The Kier molecular flexibility index (Phi) is 2.79. The molecule has 0 unspecified atom stereocenters. The van der Waals surface area contributed by atoms with Gasteiger partial charge in [-0.25, -0.2) is 9.97 Å². The zero-order valence-electron chi connectivity index (χ0n) is 9.91. The maximum atomic E-state index is 6.17. The summed E-state index contributed by atoms with van der Waals surface area (Å²) in [7, 11) is 0. The number of hydrogen-bond acceptors (Lipinski definition) is 3. The van der Waals surface area contributed by atoms with Crippen LogP contribution in [-0.4, -0.2) is 16.0 Å². The molecule has 3 nitrogen and oxygen atoms in total. The van der Waals surface area contributed by atoms with Crippen LogP contribution in [0.5, 0.6) is 0 Å². The first kappa shape index (κ1) is 11.0. The standard InChI is InChI=1S/C13H16ClN3/c1-8-11(14)16-13(9-6-7-9)17-12(8)15-10-4-2-3-5-10/h2-3,9-10H,4-7H2,1H3,(H,15,16,17). The molecule has 17 heavy (non-hydrogen) atoms. The quantitative estimate of drug-likeness (QED) is 0.659. The van der Waals surface area contributed by atoms with E-state index in [0.29, 0.717) is 17.1 Å². The molecule has 0 bridgehead atoms. The zero-order valence-corrected chi connectivity index (χ0v) is 10.7. The molecule has 0 aromatic carbocycles. The van der Waals surface area contributed by atoms with Crippen molar-refractivity contribution in [3.63, 3.8) is 0 Å². The Morgan fingerprint density at radius 1 is 1.24 bits per heavy atom.